The van der Waals surface area contributed by atoms with Crippen molar-refractivity contribution in [1.29, 1.82) is 0 Å². The zero-order valence-electron chi connectivity index (χ0n) is 27.6. The number of hydrogen-bond donors (Lipinski definition) is 8. The highest BCUT2D eigenvalue weighted by molar-refractivity contribution is 5.55. The van der Waals surface area contributed by atoms with Gasteiger partial charge in [0.1, 0.15) is 48.8 Å². The van der Waals surface area contributed by atoms with Gasteiger partial charge in [0.2, 0.25) is 18.3 Å². The fourth-order valence-corrected chi connectivity index (χ4v) is 6.94. The van der Waals surface area contributed by atoms with E-state index in [0.717, 1.165) is 5.56 Å². The molecular weight excluding hydrogens is 668 g/mol. The van der Waals surface area contributed by atoms with Gasteiger partial charge in [-0.2, -0.15) is 0 Å². The van der Waals surface area contributed by atoms with Crippen LogP contribution in [0.4, 0.5) is 0 Å². The maximum atomic E-state index is 10.5. The topological polar surface area (TPSA) is 245 Å². The number of aliphatic hydroxyl groups excluding tert-OH is 8. The molecule has 0 saturated carbocycles. The van der Waals surface area contributed by atoms with Crippen LogP contribution in [-0.2, 0) is 18.9 Å². The van der Waals surface area contributed by atoms with E-state index in [2.05, 4.69) is 0 Å². The van der Waals surface area contributed by atoms with Crippen LogP contribution >= 0.6 is 0 Å². The first-order valence-electron chi connectivity index (χ1n) is 16.2. The molecule has 8 N–H and O–H groups in total. The molecule has 0 spiro atoms. The molecule has 50 heavy (non-hydrogen) atoms. The summed E-state index contributed by atoms with van der Waals surface area (Å²) in [7, 11) is 4.28. The molecule has 4 heterocycles. The Morgan fingerprint density at radius 1 is 0.560 bits per heavy atom. The molecule has 0 radical (unpaired) electrons. The van der Waals surface area contributed by atoms with Gasteiger partial charge in [0.25, 0.3) is 0 Å². The standard InChI is InChI=1S/C33H44O17/c1-42-18-6-13(4-5-17(18)47-32-27(40)25(38)23(36)21(9-34)48-32)29-15-11-46-30(16(15)12-45-29)14-7-19(43-2)31(20(8-14)44-3)50-33-28(41)26(39)24(37)22(10-35)49-33/h4-8,15-16,21-30,32-41H,9-12H2,1-3H3/t15-,16-,21-,22-,23-,24-,25+,26+,27-,28-,29+,30+,32-,33+/m1/s1. The molecular formula is C33H44O17. The molecule has 6 rings (SSSR count). The first-order valence-corrected chi connectivity index (χ1v) is 16.2. The van der Waals surface area contributed by atoms with E-state index in [9.17, 15) is 40.9 Å². The summed E-state index contributed by atoms with van der Waals surface area (Å²) < 4.78 is 52.1. The number of ether oxygens (including phenoxy) is 9. The monoisotopic (exact) mass is 712 g/mol. The van der Waals surface area contributed by atoms with Crippen LogP contribution in [0.25, 0.3) is 0 Å². The van der Waals surface area contributed by atoms with E-state index >= 15 is 0 Å². The van der Waals surface area contributed by atoms with Crippen LogP contribution in [0.1, 0.15) is 23.3 Å². The molecule has 0 unspecified atom stereocenters. The first-order chi connectivity index (χ1) is 24.0. The minimum atomic E-state index is -1.64. The predicted octanol–water partition coefficient (Wildman–Crippen LogP) is -1.85. The third-order valence-electron chi connectivity index (χ3n) is 9.77. The number of fused-ring (bicyclic) bond motifs is 1. The molecule has 278 valence electrons. The van der Waals surface area contributed by atoms with E-state index in [1.807, 2.05) is 0 Å². The van der Waals surface area contributed by atoms with Crippen LogP contribution in [0, 0.1) is 11.8 Å². The lowest BCUT2D eigenvalue weighted by molar-refractivity contribution is -0.277. The summed E-state index contributed by atoms with van der Waals surface area (Å²) >= 11 is 0. The second-order valence-corrected chi connectivity index (χ2v) is 12.6. The normalized spacial score (nSPS) is 38.4. The molecule has 4 saturated heterocycles. The molecule has 2 aromatic rings. The predicted molar refractivity (Wildman–Crippen MR) is 166 cm³/mol. The molecule has 14 atom stereocenters. The Kier molecular flexibility index (Phi) is 11.2. The van der Waals surface area contributed by atoms with E-state index in [1.54, 1.807) is 30.3 Å². The molecule has 0 amide bonds. The Morgan fingerprint density at radius 3 is 1.50 bits per heavy atom. The van der Waals surface area contributed by atoms with Crippen molar-refractivity contribution in [2.45, 2.75) is 73.6 Å². The zero-order valence-corrected chi connectivity index (χ0v) is 27.6. The van der Waals surface area contributed by atoms with Crippen molar-refractivity contribution in [1.82, 2.24) is 0 Å². The zero-order chi connectivity index (χ0) is 35.9. The van der Waals surface area contributed by atoms with Crippen LogP contribution in [0.3, 0.4) is 0 Å². The van der Waals surface area contributed by atoms with Gasteiger partial charge in [0, 0.05) is 11.8 Å². The van der Waals surface area contributed by atoms with Gasteiger partial charge in [0.15, 0.2) is 23.0 Å². The summed E-state index contributed by atoms with van der Waals surface area (Å²) in [5.74, 6) is 0.854. The van der Waals surface area contributed by atoms with E-state index in [-0.39, 0.29) is 40.9 Å². The van der Waals surface area contributed by atoms with Crippen molar-refractivity contribution in [2.24, 2.45) is 11.8 Å². The van der Waals surface area contributed by atoms with Crippen LogP contribution in [0.15, 0.2) is 30.3 Å². The number of methoxy groups -OCH3 is 3. The van der Waals surface area contributed by atoms with Crippen molar-refractivity contribution in [2.75, 3.05) is 47.8 Å². The van der Waals surface area contributed by atoms with Crippen molar-refractivity contribution in [3.05, 3.63) is 41.5 Å². The van der Waals surface area contributed by atoms with E-state index < -0.39 is 80.7 Å². The third-order valence-corrected chi connectivity index (χ3v) is 9.77. The smallest absolute Gasteiger partial charge is 0.229 e. The van der Waals surface area contributed by atoms with Crippen molar-refractivity contribution in [3.63, 3.8) is 0 Å². The second kappa shape index (κ2) is 15.3. The van der Waals surface area contributed by atoms with E-state index in [0.29, 0.717) is 24.5 Å². The van der Waals surface area contributed by atoms with Crippen molar-refractivity contribution >= 4 is 0 Å². The maximum absolute atomic E-state index is 10.5. The Hall–Kier alpha value is -3.04. The Morgan fingerprint density at radius 2 is 1.02 bits per heavy atom. The molecule has 4 fully saturated rings. The molecule has 0 aliphatic carbocycles. The Balaban J connectivity index is 1.18. The maximum Gasteiger partial charge on any atom is 0.229 e. The first kappa shape index (κ1) is 36.7. The molecule has 0 bridgehead atoms. The van der Waals surface area contributed by atoms with Crippen LogP contribution in [0.2, 0.25) is 0 Å². The quantitative estimate of drug-likeness (QED) is 0.127. The highest BCUT2D eigenvalue weighted by Gasteiger charge is 2.50. The summed E-state index contributed by atoms with van der Waals surface area (Å²) in [6, 6.07) is 8.53. The van der Waals surface area contributed by atoms with Gasteiger partial charge >= 0.3 is 0 Å². The van der Waals surface area contributed by atoms with Gasteiger partial charge in [-0.05, 0) is 35.4 Å². The highest BCUT2D eigenvalue weighted by Crippen LogP contribution is 2.53. The lowest BCUT2D eigenvalue weighted by Crippen LogP contribution is -2.60. The molecule has 4 aliphatic heterocycles. The largest absolute Gasteiger partial charge is 0.493 e. The van der Waals surface area contributed by atoms with Gasteiger partial charge in [-0.1, -0.05) is 6.07 Å². The minimum Gasteiger partial charge on any atom is -0.493 e. The second-order valence-electron chi connectivity index (χ2n) is 12.6. The average molecular weight is 713 g/mol. The van der Waals surface area contributed by atoms with Crippen LogP contribution in [0.5, 0.6) is 28.7 Å². The number of benzene rings is 2. The summed E-state index contributed by atoms with van der Waals surface area (Å²) in [6.07, 6.45) is -15.5. The molecule has 17 nitrogen and oxygen atoms in total. The van der Waals surface area contributed by atoms with E-state index in [4.69, 9.17) is 42.6 Å². The van der Waals surface area contributed by atoms with Gasteiger partial charge in [-0.15, -0.1) is 0 Å². The van der Waals surface area contributed by atoms with Crippen LogP contribution < -0.4 is 23.7 Å². The fourth-order valence-electron chi connectivity index (χ4n) is 6.94. The lowest BCUT2D eigenvalue weighted by Gasteiger charge is -2.39. The van der Waals surface area contributed by atoms with Gasteiger partial charge in [0.05, 0.1) is 60.0 Å². The van der Waals surface area contributed by atoms with Crippen molar-refractivity contribution in [3.8, 4) is 28.7 Å². The number of hydrogen-bond acceptors (Lipinski definition) is 17. The fraction of sp³-hybridized carbons (Fsp3) is 0.636. The third kappa shape index (κ3) is 6.69. The summed E-state index contributed by atoms with van der Waals surface area (Å²) in [5, 5.41) is 80.6. The summed E-state index contributed by atoms with van der Waals surface area (Å²) in [4.78, 5) is 0. The highest BCUT2D eigenvalue weighted by atomic mass is 16.7. The number of rotatable bonds is 11. The SMILES string of the molecule is COc1cc([C@@H]2OC[C@@H]3[C@H]2CO[C@H]3c2cc(OC)c(O[C@@H]3O[C@H](CO)[C@@H](O)[C@H](O)[C@H]3O)c(OC)c2)ccc1O[C@@H]1O[C@H](CO)[C@@H](O)[C@H](O)[C@H]1O. The van der Waals surface area contributed by atoms with Gasteiger partial charge in [-0.3, -0.25) is 0 Å². The molecule has 17 heteroatoms. The van der Waals surface area contributed by atoms with Gasteiger partial charge < -0.3 is 83.5 Å². The van der Waals surface area contributed by atoms with E-state index in [1.165, 1.54) is 21.3 Å². The lowest BCUT2D eigenvalue weighted by atomic mass is 9.84. The summed E-state index contributed by atoms with van der Waals surface area (Å²) in [6.45, 7) is -0.487. The number of aliphatic hydroxyl groups is 8. The van der Waals surface area contributed by atoms with Gasteiger partial charge in [-0.25, -0.2) is 0 Å². The Bertz CT molecular complexity index is 1430. The Labute approximate surface area is 287 Å². The van der Waals surface area contributed by atoms with Crippen LogP contribution in [-0.4, -0.2) is 150 Å². The minimum absolute atomic E-state index is 0.0658. The molecule has 0 aromatic heterocycles. The molecule has 2 aromatic carbocycles. The average Bonchev–Trinajstić information content (AvgIpc) is 3.75. The molecule has 4 aliphatic rings. The van der Waals surface area contributed by atoms with Crippen molar-refractivity contribution < 1.29 is 83.5 Å². The summed E-state index contributed by atoms with van der Waals surface area (Å²) in [5.41, 5.74) is 1.48.